The molecule has 0 bridgehead atoms. The molecular weight excluding hydrogens is 192 g/mol. The number of rotatable bonds is 4. The minimum Gasteiger partial charge on any atom is -0.0837 e. The Morgan fingerprint density at radius 3 is 2.79 bits per heavy atom. The molecule has 14 heavy (non-hydrogen) atoms. The number of halogens is 1. The molecule has 1 radical (unpaired) electrons. The molecule has 77 valence electrons. The highest BCUT2D eigenvalue weighted by Gasteiger charge is 2.10. The molecular formula is C13H18Cl. The standard InChI is InChI=1S/C13H18Cl/c1-4-5-7-10(2)12-9-6-8-11(3)13(12)14/h6,8-10H,2,4-5,7H2,1,3H3. The molecule has 0 aliphatic heterocycles. The van der Waals surface area contributed by atoms with Crippen LogP contribution in [0.15, 0.2) is 18.2 Å². The van der Waals surface area contributed by atoms with Crippen molar-refractivity contribution in [2.45, 2.75) is 39.0 Å². The van der Waals surface area contributed by atoms with Crippen molar-refractivity contribution in [2.75, 3.05) is 0 Å². The van der Waals surface area contributed by atoms with Gasteiger partial charge >= 0.3 is 0 Å². The summed E-state index contributed by atoms with van der Waals surface area (Å²) in [6.07, 6.45) is 3.56. The van der Waals surface area contributed by atoms with Gasteiger partial charge in [0.15, 0.2) is 0 Å². The summed E-state index contributed by atoms with van der Waals surface area (Å²) in [7, 11) is 0. The Balaban J connectivity index is 2.79. The summed E-state index contributed by atoms with van der Waals surface area (Å²) >= 11 is 6.23. The first-order chi connectivity index (χ1) is 6.66. The Bertz CT molecular complexity index is 291. The molecule has 0 heterocycles. The van der Waals surface area contributed by atoms with Crippen molar-refractivity contribution in [3.63, 3.8) is 0 Å². The topological polar surface area (TPSA) is 0 Å². The molecule has 0 saturated carbocycles. The van der Waals surface area contributed by atoms with Gasteiger partial charge in [0.05, 0.1) is 0 Å². The highest BCUT2D eigenvalue weighted by molar-refractivity contribution is 6.32. The SMILES string of the molecule is [CH2]C(CCCC)c1cccc(C)c1Cl. The molecule has 1 aromatic carbocycles. The van der Waals surface area contributed by atoms with E-state index in [0.717, 1.165) is 17.0 Å². The quantitative estimate of drug-likeness (QED) is 0.671. The van der Waals surface area contributed by atoms with Crippen molar-refractivity contribution in [1.29, 1.82) is 0 Å². The van der Waals surface area contributed by atoms with E-state index in [9.17, 15) is 0 Å². The van der Waals surface area contributed by atoms with Gasteiger partial charge in [0.1, 0.15) is 0 Å². The molecule has 0 aliphatic carbocycles. The Hall–Kier alpha value is -0.490. The zero-order valence-corrected chi connectivity index (χ0v) is 9.77. The Kier molecular flexibility index (Phi) is 4.47. The van der Waals surface area contributed by atoms with Crippen LogP contribution in [0.3, 0.4) is 0 Å². The lowest BCUT2D eigenvalue weighted by Crippen LogP contribution is -1.96. The van der Waals surface area contributed by atoms with Gasteiger partial charge in [-0.05, 0) is 37.3 Å². The lowest BCUT2D eigenvalue weighted by Gasteiger charge is -2.14. The molecule has 1 atom stereocenters. The van der Waals surface area contributed by atoms with Gasteiger partial charge in [-0.15, -0.1) is 0 Å². The van der Waals surface area contributed by atoms with Crippen LogP contribution in [0.25, 0.3) is 0 Å². The summed E-state index contributed by atoms with van der Waals surface area (Å²) in [6.45, 7) is 8.40. The predicted octanol–water partition coefficient (Wildman–Crippen LogP) is 4.76. The van der Waals surface area contributed by atoms with Gasteiger partial charge < -0.3 is 0 Å². The van der Waals surface area contributed by atoms with Crippen LogP contribution in [-0.4, -0.2) is 0 Å². The fourth-order valence-electron chi connectivity index (χ4n) is 1.59. The van der Waals surface area contributed by atoms with Crippen LogP contribution in [0.1, 0.15) is 43.2 Å². The van der Waals surface area contributed by atoms with E-state index in [4.69, 9.17) is 11.6 Å². The van der Waals surface area contributed by atoms with Crippen molar-refractivity contribution in [3.8, 4) is 0 Å². The monoisotopic (exact) mass is 209 g/mol. The van der Waals surface area contributed by atoms with Crippen molar-refractivity contribution >= 4 is 11.6 Å². The van der Waals surface area contributed by atoms with E-state index in [2.05, 4.69) is 26.0 Å². The van der Waals surface area contributed by atoms with Crippen molar-refractivity contribution in [1.82, 2.24) is 0 Å². The summed E-state index contributed by atoms with van der Waals surface area (Å²) < 4.78 is 0. The van der Waals surface area contributed by atoms with Crippen LogP contribution in [0.2, 0.25) is 5.02 Å². The maximum absolute atomic E-state index is 6.23. The zero-order chi connectivity index (χ0) is 10.6. The Morgan fingerprint density at radius 2 is 2.14 bits per heavy atom. The molecule has 0 saturated heterocycles. The first kappa shape index (κ1) is 11.6. The molecule has 0 N–H and O–H groups in total. The third-order valence-corrected chi connectivity index (χ3v) is 3.08. The highest BCUT2D eigenvalue weighted by Crippen LogP contribution is 2.29. The third-order valence-electron chi connectivity index (χ3n) is 2.57. The smallest absolute Gasteiger partial charge is 0.0469 e. The van der Waals surface area contributed by atoms with E-state index in [0.29, 0.717) is 5.92 Å². The van der Waals surface area contributed by atoms with Crippen LogP contribution < -0.4 is 0 Å². The van der Waals surface area contributed by atoms with Gasteiger partial charge in [0.2, 0.25) is 0 Å². The summed E-state index contributed by atoms with van der Waals surface area (Å²) in [6, 6.07) is 6.18. The predicted molar refractivity (Wildman–Crippen MR) is 63.8 cm³/mol. The molecule has 0 aromatic heterocycles. The van der Waals surface area contributed by atoms with Gasteiger partial charge in [0, 0.05) is 5.02 Å². The summed E-state index contributed by atoms with van der Waals surface area (Å²) in [5, 5.41) is 0.892. The van der Waals surface area contributed by atoms with E-state index in [1.165, 1.54) is 18.4 Å². The van der Waals surface area contributed by atoms with E-state index in [1.807, 2.05) is 13.0 Å². The molecule has 1 heteroatoms. The molecule has 0 aliphatic rings. The number of aryl methyl sites for hydroxylation is 1. The fraction of sp³-hybridized carbons (Fsp3) is 0.462. The number of benzene rings is 1. The van der Waals surface area contributed by atoms with Crippen LogP contribution in [0, 0.1) is 13.8 Å². The minimum absolute atomic E-state index is 0.336. The second kappa shape index (κ2) is 5.41. The van der Waals surface area contributed by atoms with E-state index in [-0.39, 0.29) is 0 Å². The fourth-order valence-corrected chi connectivity index (χ4v) is 1.87. The lowest BCUT2D eigenvalue weighted by atomic mass is 9.94. The van der Waals surface area contributed by atoms with Crippen molar-refractivity contribution in [2.24, 2.45) is 0 Å². The van der Waals surface area contributed by atoms with Gasteiger partial charge in [-0.3, -0.25) is 0 Å². The molecule has 1 aromatic rings. The molecule has 1 unspecified atom stereocenters. The maximum Gasteiger partial charge on any atom is 0.0469 e. The number of unbranched alkanes of at least 4 members (excludes halogenated alkanes) is 1. The average molecular weight is 210 g/mol. The van der Waals surface area contributed by atoms with Crippen molar-refractivity contribution < 1.29 is 0 Å². The van der Waals surface area contributed by atoms with E-state index < -0.39 is 0 Å². The average Bonchev–Trinajstić information content (AvgIpc) is 2.18. The molecule has 0 amide bonds. The highest BCUT2D eigenvalue weighted by atomic mass is 35.5. The number of hydrogen-bond acceptors (Lipinski definition) is 0. The Morgan fingerprint density at radius 1 is 1.43 bits per heavy atom. The Labute approximate surface area is 92.3 Å². The van der Waals surface area contributed by atoms with Gasteiger partial charge in [-0.25, -0.2) is 0 Å². The molecule has 0 fully saturated rings. The first-order valence-corrected chi connectivity index (χ1v) is 5.62. The third kappa shape index (κ3) is 2.75. The minimum atomic E-state index is 0.336. The van der Waals surface area contributed by atoms with Crippen LogP contribution in [-0.2, 0) is 0 Å². The number of hydrogen-bond donors (Lipinski definition) is 0. The normalized spacial score (nSPS) is 12.9. The largest absolute Gasteiger partial charge is 0.0837 e. The maximum atomic E-state index is 6.23. The van der Waals surface area contributed by atoms with E-state index >= 15 is 0 Å². The zero-order valence-electron chi connectivity index (χ0n) is 9.02. The van der Waals surface area contributed by atoms with Gasteiger partial charge in [-0.1, -0.05) is 49.6 Å². The van der Waals surface area contributed by atoms with E-state index in [1.54, 1.807) is 0 Å². The molecule has 1 rings (SSSR count). The van der Waals surface area contributed by atoms with Gasteiger partial charge in [0.25, 0.3) is 0 Å². The first-order valence-electron chi connectivity index (χ1n) is 5.25. The van der Waals surface area contributed by atoms with Gasteiger partial charge in [-0.2, -0.15) is 0 Å². The summed E-state index contributed by atoms with van der Waals surface area (Å²) in [5.41, 5.74) is 2.34. The van der Waals surface area contributed by atoms with Crippen molar-refractivity contribution in [3.05, 3.63) is 41.3 Å². The second-order valence-corrected chi connectivity index (χ2v) is 4.20. The second-order valence-electron chi connectivity index (χ2n) is 3.82. The molecule has 0 nitrogen and oxygen atoms in total. The summed E-state index contributed by atoms with van der Waals surface area (Å²) in [4.78, 5) is 0. The van der Waals surface area contributed by atoms with Crippen LogP contribution in [0.4, 0.5) is 0 Å². The molecule has 0 spiro atoms. The van der Waals surface area contributed by atoms with Crippen LogP contribution in [0.5, 0.6) is 0 Å². The summed E-state index contributed by atoms with van der Waals surface area (Å²) in [5.74, 6) is 0.336. The lowest BCUT2D eigenvalue weighted by molar-refractivity contribution is 0.661. The van der Waals surface area contributed by atoms with Crippen LogP contribution >= 0.6 is 11.6 Å².